The van der Waals surface area contributed by atoms with Crippen molar-refractivity contribution in [1.82, 2.24) is 10.2 Å². The van der Waals surface area contributed by atoms with E-state index in [1.54, 1.807) is 43.3 Å². The van der Waals surface area contributed by atoms with Crippen molar-refractivity contribution in [2.45, 2.75) is 19.1 Å². The molecule has 0 radical (unpaired) electrons. The summed E-state index contributed by atoms with van der Waals surface area (Å²) in [4.78, 5) is 25.8. The van der Waals surface area contributed by atoms with Crippen molar-refractivity contribution in [3.05, 3.63) is 64.2 Å². The van der Waals surface area contributed by atoms with E-state index >= 15 is 0 Å². The normalized spacial score (nSPS) is 15.2. The molecule has 2 amide bonds. The molecule has 2 aromatic rings. The fraction of sp³-hybridized carbons (Fsp3) is 0.263. The summed E-state index contributed by atoms with van der Waals surface area (Å²) in [6.45, 7) is 0.448. The van der Waals surface area contributed by atoms with E-state index in [0.717, 1.165) is 11.1 Å². The first-order valence-corrected chi connectivity index (χ1v) is 8.37. The Hall–Kier alpha value is -2.53. The Morgan fingerprint density at radius 3 is 2.64 bits per heavy atom. The van der Waals surface area contributed by atoms with E-state index in [4.69, 9.17) is 16.3 Å². The molecule has 0 aromatic heterocycles. The maximum atomic E-state index is 12.6. The van der Waals surface area contributed by atoms with Gasteiger partial charge in [0.15, 0.2) is 6.10 Å². The van der Waals surface area contributed by atoms with E-state index < -0.39 is 6.10 Å². The molecule has 1 atom stereocenters. The van der Waals surface area contributed by atoms with E-state index in [-0.39, 0.29) is 11.8 Å². The third-order valence-electron chi connectivity index (χ3n) is 4.21. The fourth-order valence-electron chi connectivity index (χ4n) is 2.86. The second-order valence-electron chi connectivity index (χ2n) is 6.03. The van der Waals surface area contributed by atoms with Crippen LogP contribution in [0.25, 0.3) is 0 Å². The van der Waals surface area contributed by atoms with Gasteiger partial charge in [0.05, 0.1) is 0 Å². The van der Waals surface area contributed by atoms with Gasteiger partial charge in [0.1, 0.15) is 5.75 Å². The van der Waals surface area contributed by atoms with Gasteiger partial charge in [-0.3, -0.25) is 9.59 Å². The number of rotatable bonds is 4. The van der Waals surface area contributed by atoms with Crippen molar-refractivity contribution in [3.63, 3.8) is 0 Å². The summed E-state index contributed by atoms with van der Waals surface area (Å²) in [5.41, 5.74) is 2.49. The lowest BCUT2D eigenvalue weighted by molar-refractivity contribution is -0.137. The molecular formula is C19H19ClN2O3. The highest BCUT2D eigenvalue weighted by Crippen LogP contribution is 2.31. The molecule has 1 heterocycles. The summed E-state index contributed by atoms with van der Waals surface area (Å²) in [6, 6.07) is 12.6. The number of halogens is 1. The molecule has 0 saturated heterocycles. The van der Waals surface area contributed by atoms with Crippen LogP contribution in [0.1, 0.15) is 21.5 Å². The van der Waals surface area contributed by atoms with E-state index in [1.165, 1.54) is 0 Å². The van der Waals surface area contributed by atoms with Crippen molar-refractivity contribution < 1.29 is 14.3 Å². The predicted octanol–water partition coefficient (Wildman–Crippen LogP) is 2.66. The minimum Gasteiger partial charge on any atom is -0.480 e. The number of hydrogen-bond donors (Lipinski definition) is 1. The topological polar surface area (TPSA) is 58.6 Å². The molecule has 0 bridgehead atoms. The van der Waals surface area contributed by atoms with Crippen molar-refractivity contribution >= 4 is 23.4 Å². The molecule has 2 aromatic carbocycles. The van der Waals surface area contributed by atoms with Gasteiger partial charge < -0.3 is 15.0 Å². The van der Waals surface area contributed by atoms with Gasteiger partial charge in [0, 0.05) is 37.6 Å². The zero-order valence-corrected chi connectivity index (χ0v) is 14.8. The van der Waals surface area contributed by atoms with E-state index in [0.29, 0.717) is 29.3 Å². The Labute approximate surface area is 151 Å². The van der Waals surface area contributed by atoms with Crippen molar-refractivity contribution in [2.75, 3.05) is 14.1 Å². The Morgan fingerprint density at radius 2 is 1.96 bits per heavy atom. The standard InChI is InChI=1S/C19H19ClN2O3/c1-21-18(23)13-5-3-12(4-6-13)11-22(2)19(24)17-10-14-9-15(20)7-8-16(14)25-17/h3-9,17H,10-11H2,1-2H3,(H,21,23)/t17-/m0/s1. The molecule has 0 aliphatic carbocycles. The lowest BCUT2D eigenvalue weighted by atomic mass is 10.1. The van der Waals surface area contributed by atoms with Crippen LogP contribution in [-0.2, 0) is 17.8 Å². The number of carbonyl (C=O) groups excluding carboxylic acids is 2. The van der Waals surface area contributed by atoms with Crippen LogP contribution in [0.3, 0.4) is 0 Å². The molecule has 3 rings (SSSR count). The van der Waals surface area contributed by atoms with Gasteiger partial charge in [0.2, 0.25) is 0 Å². The quantitative estimate of drug-likeness (QED) is 0.914. The van der Waals surface area contributed by atoms with E-state index in [1.807, 2.05) is 18.2 Å². The molecule has 5 nitrogen and oxygen atoms in total. The zero-order chi connectivity index (χ0) is 18.0. The Bertz CT molecular complexity index is 805. The maximum absolute atomic E-state index is 12.6. The summed E-state index contributed by atoms with van der Waals surface area (Å²) in [5.74, 6) is 0.501. The molecule has 0 unspecified atom stereocenters. The molecule has 0 spiro atoms. The van der Waals surface area contributed by atoms with E-state index in [9.17, 15) is 9.59 Å². The molecule has 25 heavy (non-hydrogen) atoms. The first kappa shape index (κ1) is 17.3. The molecule has 6 heteroatoms. The number of fused-ring (bicyclic) bond motifs is 1. The summed E-state index contributed by atoms with van der Waals surface area (Å²) < 4.78 is 5.74. The lowest BCUT2D eigenvalue weighted by Crippen LogP contribution is -2.38. The van der Waals surface area contributed by atoms with Gasteiger partial charge >= 0.3 is 0 Å². The minimum absolute atomic E-state index is 0.0808. The third-order valence-corrected chi connectivity index (χ3v) is 4.45. The SMILES string of the molecule is CNC(=O)c1ccc(CN(C)C(=O)[C@@H]2Cc3cc(Cl)ccc3O2)cc1. The number of nitrogens with one attached hydrogen (secondary N) is 1. The number of ether oxygens (including phenoxy) is 1. The second-order valence-corrected chi connectivity index (χ2v) is 6.47. The van der Waals surface area contributed by atoms with Crippen LogP contribution in [0.4, 0.5) is 0 Å². The van der Waals surface area contributed by atoms with Crippen LogP contribution < -0.4 is 10.1 Å². The lowest BCUT2D eigenvalue weighted by Gasteiger charge is -2.21. The monoisotopic (exact) mass is 358 g/mol. The minimum atomic E-state index is -0.524. The number of benzene rings is 2. The zero-order valence-electron chi connectivity index (χ0n) is 14.1. The average Bonchev–Trinajstić information content (AvgIpc) is 3.04. The fourth-order valence-corrected chi connectivity index (χ4v) is 3.05. The average molecular weight is 359 g/mol. The smallest absolute Gasteiger partial charge is 0.264 e. The molecule has 130 valence electrons. The van der Waals surface area contributed by atoms with Crippen LogP contribution in [0, 0.1) is 0 Å². The predicted molar refractivity (Wildman–Crippen MR) is 95.9 cm³/mol. The number of nitrogens with zero attached hydrogens (tertiary/aromatic N) is 1. The maximum Gasteiger partial charge on any atom is 0.264 e. The molecule has 1 N–H and O–H groups in total. The first-order valence-electron chi connectivity index (χ1n) is 7.99. The number of hydrogen-bond acceptors (Lipinski definition) is 3. The third kappa shape index (κ3) is 3.77. The number of likely N-dealkylation sites (N-methyl/N-ethyl adjacent to an activating group) is 1. The number of amides is 2. The van der Waals surface area contributed by atoms with Crippen molar-refractivity contribution in [3.8, 4) is 5.75 Å². The summed E-state index contributed by atoms with van der Waals surface area (Å²) in [7, 11) is 3.34. The molecule has 0 fully saturated rings. The molecule has 0 saturated carbocycles. The Balaban J connectivity index is 1.63. The highest BCUT2D eigenvalue weighted by molar-refractivity contribution is 6.30. The van der Waals surface area contributed by atoms with Gasteiger partial charge in [-0.1, -0.05) is 23.7 Å². The Kier molecular flexibility index (Phi) is 4.95. The van der Waals surface area contributed by atoms with Gasteiger partial charge in [-0.2, -0.15) is 0 Å². The summed E-state index contributed by atoms with van der Waals surface area (Å²) in [5, 5.41) is 3.22. The van der Waals surface area contributed by atoms with Crippen LogP contribution in [0.5, 0.6) is 5.75 Å². The van der Waals surface area contributed by atoms with E-state index in [2.05, 4.69) is 5.32 Å². The van der Waals surface area contributed by atoms with Crippen LogP contribution >= 0.6 is 11.6 Å². The van der Waals surface area contributed by atoms with Crippen LogP contribution in [0.15, 0.2) is 42.5 Å². The van der Waals surface area contributed by atoms with Crippen LogP contribution in [0.2, 0.25) is 5.02 Å². The first-order chi connectivity index (χ1) is 12.0. The van der Waals surface area contributed by atoms with Crippen molar-refractivity contribution in [2.24, 2.45) is 0 Å². The summed E-state index contributed by atoms with van der Waals surface area (Å²) in [6.07, 6.45) is -0.00194. The summed E-state index contributed by atoms with van der Waals surface area (Å²) >= 11 is 5.99. The molecule has 1 aliphatic rings. The Morgan fingerprint density at radius 1 is 1.24 bits per heavy atom. The number of carbonyl (C=O) groups is 2. The molecular weight excluding hydrogens is 340 g/mol. The van der Waals surface area contributed by atoms with Gasteiger partial charge in [0.25, 0.3) is 11.8 Å². The highest BCUT2D eigenvalue weighted by Gasteiger charge is 2.31. The van der Waals surface area contributed by atoms with Crippen LogP contribution in [-0.4, -0.2) is 36.9 Å². The van der Waals surface area contributed by atoms with Gasteiger partial charge in [-0.05, 0) is 41.5 Å². The second kappa shape index (κ2) is 7.15. The van der Waals surface area contributed by atoms with Crippen molar-refractivity contribution in [1.29, 1.82) is 0 Å². The van der Waals surface area contributed by atoms with Gasteiger partial charge in [-0.15, -0.1) is 0 Å². The molecule has 1 aliphatic heterocycles. The highest BCUT2D eigenvalue weighted by atomic mass is 35.5. The largest absolute Gasteiger partial charge is 0.480 e. The van der Waals surface area contributed by atoms with Gasteiger partial charge in [-0.25, -0.2) is 0 Å².